The third-order valence-electron chi connectivity index (χ3n) is 3.12. The summed E-state index contributed by atoms with van der Waals surface area (Å²) in [7, 11) is 0. The number of nitrogens with zero attached hydrogens (tertiary/aromatic N) is 1. The number of hydrogen-bond donors (Lipinski definition) is 0. The molecule has 2 nitrogen and oxygen atoms in total. The van der Waals surface area contributed by atoms with Crippen LogP contribution in [0.15, 0.2) is 18.2 Å². The number of aryl methyl sites for hydroxylation is 1. The molecule has 0 amide bonds. The number of nitriles is 1. The molecule has 0 bridgehead atoms. The van der Waals surface area contributed by atoms with Crippen LogP contribution in [0.2, 0.25) is 0 Å². The van der Waals surface area contributed by atoms with Crippen LogP contribution in [-0.4, -0.2) is 6.10 Å². The van der Waals surface area contributed by atoms with E-state index in [4.69, 9.17) is 10.00 Å². The maximum absolute atomic E-state index is 9.07. The monoisotopic (exact) mass is 245 g/mol. The first-order valence-corrected chi connectivity index (χ1v) is 6.85. The maximum Gasteiger partial charge on any atom is 0.140 e. The molecular formula is C16H23NO. The van der Waals surface area contributed by atoms with Crippen molar-refractivity contribution in [3.8, 4) is 11.8 Å². The van der Waals surface area contributed by atoms with Crippen molar-refractivity contribution in [1.29, 1.82) is 5.26 Å². The molecule has 0 spiro atoms. The van der Waals surface area contributed by atoms with Crippen molar-refractivity contribution in [2.75, 3.05) is 0 Å². The van der Waals surface area contributed by atoms with Gasteiger partial charge in [0.15, 0.2) is 0 Å². The van der Waals surface area contributed by atoms with Crippen molar-refractivity contribution in [3.63, 3.8) is 0 Å². The molecule has 1 aromatic carbocycles. The van der Waals surface area contributed by atoms with Crippen LogP contribution >= 0.6 is 0 Å². The van der Waals surface area contributed by atoms with Crippen LogP contribution < -0.4 is 4.74 Å². The van der Waals surface area contributed by atoms with Crippen LogP contribution in [0.4, 0.5) is 0 Å². The summed E-state index contributed by atoms with van der Waals surface area (Å²) in [4.78, 5) is 0. The smallest absolute Gasteiger partial charge is 0.140 e. The van der Waals surface area contributed by atoms with E-state index in [2.05, 4.69) is 19.9 Å². The average Bonchev–Trinajstić information content (AvgIpc) is 2.37. The third-order valence-corrected chi connectivity index (χ3v) is 3.12. The van der Waals surface area contributed by atoms with Gasteiger partial charge in [0, 0.05) is 0 Å². The lowest BCUT2D eigenvalue weighted by Gasteiger charge is -2.17. The first kappa shape index (κ1) is 14.6. The molecule has 0 saturated carbocycles. The van der Waals surface area contributed by atoms with E-state index < -0.39 is 0 Å². The van der Waals surface area contributed by atoms with E-state index in [1.807, 2.05) is 25.1 Å². The minimum absolute atomic E-state index is 0.176. The van der Waals surface area contributed by atoms with Crippen LogP contribution in [0.1, 0.15) is 57.1 Å². The molecule has 2 heteroatoms. The summed E-state index contributed by atoms with van der Waals surface area (Å²) >= 11 is 0. The highest BCUT2D eigenvalue weighted by molar-refractivity contribution is 5.47. The summed E-state index contributed by atoms with van der Waals surface area (Å²) < 4.78 is 5.92. The Morgan fingerprint density at radius 1 is 1.28 bits per heavy atom. The lowest BCUT2D eigenvalue weighted by molar-refractivity contribution is 0.204. The van der Waals surface area contributed by atoms with E-state index in [1.54, 1.807) is 0 Å². The standard InChI is InChI=1S/C16H23NO/c1-4-5-6-7-10-14(3)18-16-13(2)9-8-11-15(16)12-17/h8-9,11,14H,4-7,10H2,1-3H3. The predicted molar refractivity (Wildman–Crippen MR) is 74.7 cm³/mol. The summed E-state index contributed by atoms with van der Waals surface area (Å²) in [5.41, 5.74) is 1.67. The molecule has 1 rings (SSSR count). The molecule has 0 saturated heterocycles. The van der Waals surface area contributed by atoms with Gasteiger partial charge in [0.2, 0.25) is 0 Å². The molecule has 0 N–H and O–H groups in total. The van der Waals surface area contributed by atoms with E-state index in [-0.39, 0.29) is 6.10 Å². The second kappa shape index (κ2) is 7.76. The Morgan fingerprint density at radius 3 is 2.72 bits per heavy atom. The number of para-hydroxylation sites is 1. The molecule has 0 aliphatic heterocycles. The molecule has 1 aromatic rings. The highest BCUT2D eigenvalue weighted by Crippen LogP contribution is 2.24. The van der Waals surface area contributed by atoms with E-state index >= 15 is 0 Å². The predicted octanol–water partition coefficient (Wildman–Crippen LogP) is 4.60. The van der Waals surface area contributed by atoms with Crippen LogP contribution in [0, 0.1) is 18.3 Å². The summed E-state index contributed by atoms with van der Waals surface area (Å²) in [6, 6.07) is 7.89. The Kier molecular flexibility index (Phi) is 6.28. The Bertz CT molecular complexity index is 406. The van der Waals surface area contributed by atoms with Gasteiger partial charge in [-0.05, 0) is 38.3 Å². The van der Waals surface area contributed by atoms with Crippen molar-refractivity contribution in [2.45, 2.75) is 59.0 Å². The minimum Gasteiger partial charge on any atom is -0.489 e. The fourth-order valence-corrected chi connectivity index (χ4v) is 2.02. The van der Waals surface area contributed by atoms with E-state index in [1.165, 1.54) is 25.7 Å². The van der Waals surface area contributed by atoms with Crippen LogP contribution in [0.25, 0.3) is 0 Å². The van der Waals surface area contributed by atoms with Crippen molar-refractivity contribution >= 4 is 0 Å². The van der Waals surface area contributed by atoms with Crippen LogP contribution in [0.3, 0.4) is 0 Å². The lowest BCUT2D eigenvalue weighted by Crippen LogP contribution is -2.13. The lowest BCUT2D eigenvalue weighted by atomic mass is 10.1. The number of benzene rings is 1. The van der Waals surface area contributed by atoms with Gasteiger partial charge in [0.1, 0.15) is 11.8 Å². The highest BCUT2D eigenvalue weighted by atomic mass is 16.5. The molecule has 0 fully saturated rings. The molecule has 0 heterocycles. The molecule has 0 aliphatic carbocycles. The van der Waals surface area contributed by atoms with Crippen molar-refractivity contribution in [3.05, 3.63) is 29.3 Å². The second-order valence-corrected chi connectivity index (χ2v) is 4.84. The number of unbranched alkanes of at least 4 members (excludes halogenated alkanes) is 3. The average molecular weight is 245 g/mol. The van der Waals surface area contributed by atoms with Gasteiger partial charge in [0.05, 0.1) is 11.7 Å². The van der Waals surface area contributed by atoms with E-state index in [0.717, 1.165) is 17.7 Å². The van der Waals surface area contributed by atoms with Gasteiger partial charge in [-0.3, -0.25) is 0 Å². The fourth-order valence-electron chi connectivity index (χ4n) is 2.02. The molecule has 1 unspecified atom stereocenters. The molecule has 1 atom stereocenters. The molecule has 18 heavy (non-hydrogen) atoms. The summed E-state index contributed by atoms with van der Waals surface area (Å²) in [6.07, 6.45) is 6.24. The first-order chi connectivity index (χ1) is 8.69. The molecule has 0 aromatic heterocycles. The SMILES string of the molecule is CCCCCCC(C)Oc1c(C)cccc1C#N. The van der Waals surface area contributed by atoms with Gasteiger partial charge in [-0.2, -0.15) is 5.26 Å². The summed E-state index contributed by atoms with van der Waals surface area (Å²) in [6.45, 7) is 6.28. The first-order valence-electron chi connectivity index (χ1n) is 6.85. The van der Waals surface area contributed by atoms with Crippen molar-refractivity contribution < 1.29 is 4.74 Å². The fraction of sp³-hybridized carbons (Fsp3) is 0.562. The van der Waals surface area contributed by atoms with Gasteiger partial charge in [0.25, 0.3) is 0 Å². The molecular weight excluding hydrogens is 222 g/mol. The Labute approximate surface area is 111 Å². The van der Waals surface area contributed by atoms with E-state index in [9.17, 15) is 0 Å². The summed E-state index contributed by atoms with van der Waals surface area (Å²) in [5.74, 6) is 0.753. The molecule has 0 aliphatic rings. The van der Waals surface area contributed by atoms with Gasteiger partial charge in [-0.25, -0.2) is 0 Å². The zero-order chi connectivity index (χ0) is 13.4. The third kappa shape index (κ3) is 4.41. The second-order valence-electron chi connectivity index (χ2n) is 4.84. The quantitative estimate of drug-likeness (QED) is 0.657. The Balaban J connectivity index is 2.54. The highest BCUT2D eigenvalue weighted by Gasteiger charge is 2.10. The summed E-state index contributed by atoms with van der Waals surface area (Å²) in [5, 5.41) is 9.07. The van der Waals surface area contributed by atoms with Crippen molar-refractivity contribution in [2.24, 2.45) is 0 Å². The number of rotatable bonds is 7. The van der Waals surface area contributed by atoms with Gasteiger partial charge >= 0.3 is 0 Å². The number of ether oxygens (including phenoxy) is 1. The topological polar surface area (TPSA) is 33.0 Å². The Morgan fingerprint density at radius 2 is 2.06 bits per heavy atom. The zero-order valence-corrected chi connectivity index (χ0v) is 11.7. The Hall–Kier alpha value is -1.49. The van der Waals surface area contributed by atoms with Gasteiger partial charge < -0.3 is 4.74 Å². The molecule has 98 valence electrons. The van der Waals surface area contributed by atoms with Crippen molar-refractivity contribution in [1.82, 2.24) is 0 Å². The maximum atomic E-state index is 9.07. The number of hydrogen-bond acceptors (Lipinski definition) is 2. The largest absolute Gasteiger partial charge is 0.489 e. The minimum atomic E-state index is 0.176. The normalized spacial score (nSPS) is 11.9. The van der Waals surface area contributed by atoms with Crippen LogP contribution in [-0.2, 0) is 0 Å². The van der Waals surface area contributed by atoms with E-state index in [0.29, 0.717) is 5.56 Å². The van der Waals surface area contributed by atoms with Gasteiger partial charge in [-0.15, -0.1) is 0 Å². The molecule has 0 radical (unpaired) electrons. The zero-order valence-electron chi connectivity index (χ0n) is 11.7. The van der Waals surface area contributed by atoms with Crippen LogP contribution in [0.5, 0.6) is 5.75 Å². The van der Waals surface area contributed by atoms with Gasteiger partial charge in [-0.1, -0.05) is 38.3 Å².